The Kier molecular flexibility index (Phi) is 13.5. The number of rotatable bonds is 8. The van der Waals surface area contributed by atoms with Gasteiger partial charge in [0, 0.05) is 32.2 Å². The van der Waals surface area contributed by atoms with Gasteiger partial charge in [0.15, 0.2) is 5.82 Å². The van der Waals surface area contributed by atoms with E-state index in [4.69, 9.17) is 0 Å². The fraction of sp³-hybridized carbons (Fsp3) is 0.524. The lowest BCUT2D eigenvalue weighted by atomic mass is 10.1. The maximum absolute atomic E-state index is 10.0. The molecule has 0 aliphatic rings. The fourth-order valence-corrected chi connectivity index (χ4v) is 2.46. The lowest BCUT2D eigenvalue weighted by Crippen LogP contribution is -2.32. The molecule has 0 spiro atoms. The highest BCUT2D eigenvalue weighted by atomic mass is 16.3. The molecule has 152 valence electrons. The Morgan fingerprint density at radius 3 is 2.26 bits per heavy atom. The largest absolute Gasteiger partial charge is 0.507 e. The lowest BCUT2D eigenvalue weighted by Gasteiger charge is -2.25. The van der Waals surface area contributed by atoms with Gasteiger partial charge in [0.1, 0.15) is 5.75 Å². The van der Waals surface area contributed by atoms with Gasteiger partial charge in [-0.05, 0) is 31.7 Å². The molecular weight excluding hydrogens is 338 g/mol. The van der Waals surface area contributed by atoms with Crippen LogP contribution in [-0.2, 0) is 0 Å². The van der Waals surface area contributed by atoms with Gasteiger partial charge in [-0.25, -0.2) is 0 Å². The molecule has 0 amide bonds. The Morgan fingerprint density at radius 1 is 1.04 bits per heavy atom. The molecule has 6 nitrogen and oxygen atoms in total. The third kappa shape index (κ3) is 7.43. The van der Waals surface area contributed by atoms with Gasteiger partial charge in [-0.1, -0.05) is 46.8 Å². The van der Waals surface area contributed by atoms with Gasteiger partial charge in [-0.15, -0.1) is 10.2 Å². The van der Waals surface area contributed by atoms with Crippen LogP contribution in [-0.4, -0.2) is 48.5 Å². The van der Waals surface area contributed by atoms with Crippen LogP contribution in [0.15, 0.2) is 30.3 Å². The summed E-state index contributed by atoms with van der Waals surface area (Å²) in [6.45, 7) is 15.8. The smallest absolute Gasteiger partial charge is 0.172 e. The summed E-state index contributed by atoms with van der Waals surface area (Å²) in [6.07, 6.45) is 0. The van der Waals surface area contributed by atoms with E-state index in [0.717, 1.165) is 37.7 Å². The van der Waals surface area contributed by atoms with Crippen LogP contribution < -0.4 is 15.5 Å². The molecule has 2 rings (SSSR count). The number of nitrogens with zero attached hydrogens (tertiary/aromatic N) is 3. The summed E-state index contributed by atoms with van der Waals surface area (Å²) < 4.78 is 0. The molecule has 1 aromatic carbocycles. The van der Waals surface area contributed by atoms with Crippen LogP contribution in [0.1, 0.15) is 41.5 Å². The third-order valence-corrected chi connectivity index (χ3v) is 3.72. The molecule has 1 heterocycles. The molecule has 1 aromatic heterocycles. The van der Waals surface area contributed by atoms with Gasteiger partial charge in [-0.3, -0.25) is 0 Å². The van der Waals surface area contributed by atoms with E-state index in [-0.39, 0.29) is 5.75 Å². The van der Waals surface area contributed by atoms with Crippen molar-refractivity contribution >= 4 is 11.5 Å². The summed E-state index contributed by atoms with van der Waals surface area (Å²) in [6, 6.07) is 9.15. The molecule has 0 unspecified atom stereocenters. The zero-order valence-corrected chi connectivity index (χ0v) is 18.0. The van der Waals surface area contributed by atoms with Crippen LogP contribution in [0.3, 0.4) is 0 Å². The van der Waals surface area contributed by atoms with Gasteiger partial charge in [-0.2, -0.15) is 0 Å². The predicted octanol–water partition coefficient (Wildman–Crippen LogP) is 4.38. The molecule has 0 aliphatic heterocycles. The van der Waals surface area contributed by atoms with E-state index in [0.29, 0.717) is 11.3 Å². The first kappa shape index (κ1) is 24.7. The average molecular weight is 376 g/mol. The quantitative estimate of drug-likeness (QED) is 0.595. The monoisotopic (exact) mass is 375 g/mol. The molecule has 0 fully saturated rings. The van der Waals surface area contributed by atoms with Crippen molar-refractivity contribution < 1.29 is 5.11 Å². The Hall–Kier alpha value is -2.34. The number of nitrogens with one attached hydrogen (secondary N) is 2. The summed E-state index contributed by atoms with van der Waals surface area (Å²) in [5.41, 5.74) is 2.34. The first-order chi connectivity index (χ1) is 13.2. The Bertz CT molecular complexity index is 634. The van der Waals surface area contributed by atoms with Crippen molar-refractivity contribution in [2.24, 2.45) is 0 Å². The zero-order chi connectivity index (χ0) is 20.7. The maximum Gasteiger partial charge on any atom is 0.172 e. The van der Waals surface area contributed by atoms with E-state index in [1.807, 2.05) is 52.9 Å². The number of benzene rings is 1. The molecule has 27 heavy (non-hydrogen) atoms. The standard InChI is InChI=1S/C17H25N5O.2C2H6/c1-4-19-10-11-22(5-2)15-12-14(20-21-17(15)18-3)13-8-6-7-9-16(13)23;2*1-2/h6-9,12,19,23H,4-5,10-11H2,1-3H3,(H,18,21);2*1-2H3. The molecular formula is C21H37N5O. The number of aromatic nitrogens is 2. The number of aromatic hydroxyl groups is 1. The Labute approximate surface area is 165 Å². The highest BCUT2D eigenvalue weighted by Gasteiger charge is 2.14. The minimum absolute atomic E-state index is 0.209. The van der Waals surface area contributed by atoms with Gasteiger partial charge in [0.05, 0.1) is 11.4 Å². The topological polar surface area (TPSA) is 73.3 Å². The van der Waals surface area contributed by atoms with Crippen LogP contribution in [0.5, 0.6) is 5.75 Å². The zero-order valence-electron chi connectivity index (χ0n) is 18.0. The van der Waals surface area contributed by atoms with Crippen LogP contribution in [0.4, 0.5) is 11.5 Å². The maximum atomic E-state index is 10.0. The van der Waals surface area contributed by atoms with E-state index >= 15 is 0 Å². The van der Waals surface area contributed by atoms with Crippen LogP contribution in [0, 0.1) is 0 Å². The minimum atomic E-state index is 0.209. The molecule has 6 heteroatoms. The van der Waals surface area contributed by atoms with E-state index < -0.39 is 0 Å². The number of hydrogen-bond donors (Lipinski definition) is 3. The first-order valence-corrected chi connectivity index (χ1v) is 10.0. The van der Waals surface area contributed by atoms with Gasteiger partial charge >= 0.3 is 0 Å². The molecule has 0 atom stereocenters. The third-order valence-electron chi connectivity index (χ3n) is 3.72. The average Bonchev–Trinajstić information content (AvgIpc) is 2.74. The molecule has 0 saturated carbocycles. The second-order valence-corrected chi connectivity index (χ2v) is 5.16. The number of para-hydroxylation sites is 1. The number of phenolic OH excluding ortho intramolecular Hbond substituents is 1. The predicted molar refractivity (Wildman–Crippen MR) is 118 cm³/mol. The molecule has 0 aliphatic carbocycles. The molecule has 2 aromatic rings. The van der Waals surface area contributed by atoms with Crippen molar-refractivity contribution in [1.82, 2.24) is 15.5 Å². The second kappa shape index (κ2) is 14.8. The van der Waals surface area contributed by atoms with Crippen molar-refractivity contribution in [3.05, 3.63) is 30.3 Å². The van der Waals surface area contributed by atoms with Gasteiger partial charge < -0.3 is 20.6 Å². The highest BCUT2D eigenvalue weighted by molar-refractivity contribution is 5.74. The molecule has 0 bridgehead atoms. The highest BCUT2D eigenvalue weighted by Crippen LogP contribution is 2.31. The number of phenols is 1. The van der Waals surface area contributed by atoms with Crippen molar-refractivity contribution in [3.63, 3.8) is 0 Å². The van der Waals surface area contributed by atoms with Crippen molar-refractivity contribution in [3.8, 4) is 17.0 Å². The van der Waals surface area contributed by atoms with E-state index in [2.05, 4.69) is 39.6 Å². The summed E-state index contributed by atoms with van der Waals surface area (Å²) in [5, 5.41) is 25.0. The summed E-state index contributed by atoms with van der Waals surface area (Å²) >= 11 is 0. The van der Waals surface area contributed by atoms with Crippen molar-refractivity contribution in [2.45, 2.75) is 41.5 Å². The van der Waals surface area contributed by atoms with Gasteiger partial charge in [0.2, 0.25) is 0 Å². The summed E-state index contributed by atoms with van der Waals surface area (Å²) in [7, 11) is 1.84. The van der Waals surface area contributed by atoms with Crippen LogP contribution in [0.25, 0.3) is 11.3 Å². The lowest BCUT2D eigenvalue weighted by molar-refractivity contribution is 0.477. The normalized spacial score (nSPS) is 9.44. The number of hydrogen-bond acceptors (Lipinski definition) is 6. The molecule has 0 radical (unpaired) electrons. The van der Waals surface area contributed by atoms with Gasteiger partial charge in [0.25, 0.3) is 0 Å². The SMILES string of the molecule is CC.CC.CCNCCN(CC)c1cc(-c2ccccc2O)nnc1NC. The fourth-order valence-electron chi connectivity index (χ4n) is 2.46. The number of anilines is 2. The summed E-state index contributed by atoms with van der Waals surface area (Å²) in [5.74, 6) is 0.947. The van der Waals surface area contributed by atoms with Crippen molar-refractivity contribution in [1.29, 1.82) is 0 Å². The summed E-state index contributed by atoms with van der Waals surface area (Å²) in [4.78, 5) is 2.24. The van der Waals surface area contributed by atoms with Crippen molar-refractivity contribution in [2.75, 3.05) is 43.4 Å². The molecule has 0 saturated heterocycles. The van der Waals surface area contributed by atoms with E-state index in [1.54, 1.807) is 12.1 Å². The van der Waals surface area contributed by atoms with Crippen LogP contribution in [0.2, 0.25) is 0 Å². The first-order valence-electron chi connectivity index (χ1n) is 10.0. The van der Waals surface area contributed by atoms with Crippen LogP contribution >= 0.6 is 0 Å². The van der Waals surface area contributed by atoms with E-state index in [1.165, 1.54) is 0 Å². The van der Waals surface area contributed by atoms with E-state index in [9.17, 15) is 5.11 Å². The molecule has 3 N–H and O–H groups in total. The minimum Gasteiger partial charge on any atom is -0.507 e. The second-order valence-electron chi connectivity index (χ2n) is 5.16. The Balaban J connectivity index is 0.00000158. The Morgan fingerprint density at radius 2 is 1.70 bits per heavy atom. The number of likely N-dealkylation sites (N-methyl/N-ethyl adjacent to an activating group) is 2.